The van der Waals surface area contributed by atoms with Gasteiger partial charge < -0.3 is 19.2 Å². The van der Waals surface area contributed by atoms with E-state index in [0.29, 0.717) is 10.9 Å². The molecule has 4 rings (SSSR count). The predicted octanol–water partition coefficient (Wildman–Crippen LogP) is 4.22. The smallest absolute Gasteiger partial charge is 0.360 e. The molecule has 2 aromatic heterocycles. The molecule has 12 heteroatoms. The van der Waals surface area contributed by atoms with Gasteiger partial charge in [0.05, 0.1) is 36.9 Å². The number of anilines is 1. The summed E-state index contributed by atoms with van der Waals surface area (Å²) in [6, 6.07) is 11.4. The molecule has 0 radical (unpaired) electrons. The summed E-state index contributed by atoms with van der Waals surface area (Å²) < 4.78 is 57.2. The summed E-state index contributed by atoms with van der Waals surface area (Å²) in [5, 5.41) is 2.91. The van der Waals surface area contributed by atoms with Crippen molar-refractivity contribution in [1.29, 1.82) is 0 Å². The molecule has 0 saturated heterocycles. The highest BCUT2D eigenvalue weighted by Crippen LogP contribution is 2.40. The summed E-state index contributed by atoms with van der Waals surface area (Å²) in [6.07, 6.45) is 0. The lowest BCUT2D eigenvalue weighted by Crippen LogP contribution is -2.18. The number of amides is 1. The lowest BCUT2D eigenvalue weighted by Gasteiger charge is -2.14. The molecule has 0 fully saturated rings. The predicted molar refractivity (Wildman–Crippen MR) is 139 cm³/mol. The third-order valence-electron chi connectivity index (χ3n) is 5.77. The van der Waals surface area contributed by atoms with Gasteiger partial charge in [0.2, 0.25) is 10.0 Å². The van der Waals surface area contributed by atoms with E-state index in [9.17, 15) is 22.4 Å². The van der Waals surface area contributed by atoms with Gasteiger partial charge in [-0.25, -0.2) is 22.6 Å². The number of sulfonamides is 1. The number of esters is 1. The molecule has 0 aliphatic heterocycles. The Balaban J connectivity index is 2.05. The zero-order chi connectivity index (χ0) is 27.6. The minimum Gasteiger partial charge on any atom is -0.494 e. The molecule has 0 aliphatic carbocycles. The Labute approximate surface area is 217 Å². The summed E-state index contributed by atoms with van der Waals surface area (Å²) >= 11 is 0. The highest BCUT2D eigenvalue weighted by Gasteiger charge is 2.25. The Morgan fingerprint density at radius 3 is 2.39 bits per heavy atom. The van der Waals surface area contributed by atoms with Crippen molar-refractivity contribution in [2.75, 3.05) is 31.7 Å². The van der Waals surface area contributed by atoms with Crippen LogP contribution in [0, 0.1) is 5.82 Å². The third kappa shape index (κ3) is 5.02. The molecule has 2 heterocycles. The van der Waals surface area contributed by atoms with Crippen molar-refractivity contribution in [2.24, 2.45) is 0 Å². The van der Waals surface area contributed by atoms with E-state index in [1.165, 1.54) is 70.7 Å². The summed E-state index contributed by atoms with van der Waals surface area (Å²) in [7, 11) is 0.263. The molecule has 0 saturated carbocycles. The lowest BCUT2D eigenvalue weighted by molar-refractivity contribution is 0.0590. The van der Waals surface area contributed by atoms with Crippen LogP contribution in [0.3, 0.4) is 0 Å². The Morgan fingerprint density at radius 2 is 1.79 bits per heavy atom. The number of ether oxygens (including phenoxy) is 2. The van der Waals surface area contributed by atoms with E-state index < -0.39 is 27.7 Å². The van der Waals surface area contributed by atoms with E-state index in [1.54, 1.807) is 6.07 Å². The third-order valence-corrected chi connectivity index (χ3v) is 7.06. The van der Waals surface area contributed by atoms with Gasteiger partial charge in [-0.3, -0.25) is 9.52 Å². The van der Waals surface area contributed by atoms with Gasteiger partial charge in [-0.2, -0.15) is 0 Å². The van der Waals surface area contributed by atoms with Crippen molar-refractivity contribution in [1.82, 2.24) is 10.3 Å². The molecule has 38 heavy (non-hydrogen) atoms. The second-order valence-corrected chi connectivity index (χ2v) is 10.0. The summed E-state index contributed by atoms with van der Waals surface area (Å²) in [4.78, 5) is 29.7. The molecule has 0 atom stereocenters. The van der Waals surface area contributed by atoms with E-state index in [0.717, 1.165) is 0 Å². The Morgan fingerprint density at radius 1 is 1.08 bits per heavy atom. The van der Waals surface area contributed by atoms with Crippen molar-refractivity contribution >= 4 is 38.6 Å². The minimum atomic E-state index is -3.75. The van der Waals surface area contributed by atoms with E-state index in [1.807, 2.05) is 0 Å². The molecular formula is C26H24FN3O7S. The number of carbonyl (C=O) groups excluding carboxylic acids is 2. The number of aromatic nitrogens is 1. The fourth-order valence-corrected chi connectivity index (χ4v) is 4.49. The number of pyridine rings is 1. The van der Waals surface area contributed by atoms with Gasteiger partial charge in [0, 0.05) is 29.6 Å². The zero-order valence-electron chi connectivity index (χ0n) is 20.9. The Bertz CT molecular complexity index is 1650. The van der Waals surface area contributed by atoms with Gasteiger partial charge in [0.1, 0.15) is 17.2 Å². The fraction of sp³-hybridized carbons (Fsp3) is 0.192. The average Bonchev–Trinajstić information content (AvgIpc) is 3.29. The van der Waals surface area contributed by atoms with E-state index >= 15 is 0 Å². The van der Waals surface area contributed by atoms with Crippen LogP contribution in [-0.4, -0.2) is 52.3 Å². The average molecular weight is 542 g/mol. The number of benzene rings is 2. The number of nitrogens with zero attached hydrogens (tertiary/aromatic N) is 1. The molecule has 1 amide bonds. The van der Waals surface area contributed by atoms with Gasteiger partial charge in [0.15, 0.2) is 11.4 Å². The molecule has 2 aromatic carbocycles. The normalized spacial score (nSPS) is 11.3. The van der Waals surface area contributed by atoms with Crippen LogP contribution in [0.5, 0.6) is 5.75 Å². The van der Waals surface area contributed by atoms with E-state index in [4.69, 9.17) is 13.9 Å². The van der Waals surface area contributed by atoms with Gasteiger partial charge in [-0.1, -0.05) is 0 Å². The lowest BCUT2D eigenvalue weighted by atomic mass is 10.0. The highest BCUT2D eigenvalue weighted by molar-refractivity contribution is 7.92. The topological polar surface area (TPSA) is 137 Å². The standard InChI is InChI=1S/C26H24FN3O7S/c1-5-38(33,34)30-19-13-21-17(12-16(19)18-10-11-20(35-3)23(29-18)26(32)36-4)22(25(31)28-2)24(37-21)14-6-8-15(27)9-7-14/h6-13,30H,5H2,1-4H3,(H,28,31). The number of carbonyl (C=O) groups is 2. The van der Waals surface area contributed by atoms with Crippen LogP contribution in [0.2, 0.25) is 0 Å². The van der Waals surface area contributed by atoms with Crippen molar-refractivity contribution in [3.63, 3.8) is 0 Å². The number of furan rings is 1. The second-order valence-electron chi connectivity index (χ2n) is 8.03. The van der Waals surface area contributed by atoms with Gasteiger partial charge >= 0.3 is 5.97 Å². The molecule has 2 N–H and O–H groups in total. The molecule has 0 unspecified atom stereocenters. The quantitative estimate of drug-likeness (QED) is 0.317. The molecule has 0 aliphatic rings. The maximum Gasteiger partial charge on any atom is 0.360 e. The number of halogens is 1. The van der Waals surface area contributed by atoms with Crippen LogP contribution in [0.1, 0.15) is 27.8 Å². The minimum absolute atomic E-state index is 0.107. The van der Waals surface area contributed by atoms with Crippen molar-refractivity contribution < 1.29 is 36.3 Å². The monoisotopic (exact) mass is 541 g/mol. The number of methoxy groups -OCH3 is 2. The first kappa shape index (κ1) is 26.6. The zero-order valence-corrected chi connectivity index (χ0v) is 21.7. The van der Waals surface area contributed by atoms with E-state index in [-0.39, 0.29) is 51.0 Å². The maximum atomic E-state index is 13.6. The molecular weight excluding hydrogens is 517 g/mol. The van der Waals surface area contributed by atoms with Gasteiger partial charge in [-0.05, 0) is 49.4 Å². The van der Waals surface area contributed by atoms with E-state index in [2.05, 4.69) is 15.0 Å². The number of hydrogen-bond donors (Lipinski definition) is 2. The molecule has 4 aromatic rings. The van der Waals surface area contributed by atoms with Crippen LogP contribution in [-0.2, 0) is 14.8 Å². The number of rotatable bonds is 8. The molecule has 0 bridgehead atoms. The summed E-state index contributed by atoms with van der Waals surface area (Å²) in [6.45, 7) is 1.48. The van der Waals surface area contributed by atoms with Gasteiger partial charge in [-0.15, -0.1) is 0 Å². The van der Waals surface area contributed by atoms with Crippen LogP contribution < -0.4 is 14.8 Å². The van der Waals surface area contributed by atoms with Crippen LogP contribution in [0.4, 0.5) is 10.1 Å². The van der Waals surface area contributed by atoms with Crippen molar-refractivity contribution in [2.45, 2.75) is 6.92 Å². The highest BCUT2D eigenvalue weighted by atomic mass is 32.2. The fourth-order valence-electron chi connectivity index (χ4n) is 3.84. The van der Waals surface area contributed by atoms with Crippen molar-refractivity contribution in [3.8, 4) is 28.3 Å². The molecule has 198 valence electrons. The second kappa shape index (κ2) is 10.5. The van der Waals surface area contributed by atoms with Crippen LogP contribution >= 0.6 is 0 Å². The maximum absolute atomic E-state index is 13.6. The summed E-state index contributed by atoms with van der Waals surface area (Å²) in [5.74, 6) is -1.58. The molecule has 0 spiro atoms. The summed E-state index contributed by atoms with van der Waals surface area (Å²) in [5.41, 5.74) is 1.24. The molecule has 10 nitrogen and oxygen atoms in total. The first-order chi connectivity index (χ1) is 18.1. The van der Waals surface area contributed by atoms with Gasteiger partial charge in [0.25, 0.3) is 5.91 Å². The number of hydrogen-bond acceptors (Lipinski definition) is 8. The SMILES string of the molecule is CCS(=O)(=O)Nc1cc2oc(-c3ccc(F)cc3)c(C(=O)NC)c2cc1-c1ccc(OC)c(C(=O)OC)n1. The Hall–Kier alpha value is -4.45. The number of nitrogens with one attached hydrogen (secondary N) is 2. The Kier molecular flexibility index (Phi) is 7.35. The number of fused-ring (bicyclic) bond motifs is 1. The first-order valence-corrected chi connectivity index (χ1v) is 13.0. The van der Waals surface area contributed by atoms with Crippen LogP contribution in [0.25, 0.3) is 33.6 Å². The van der Waals surface area contributed by atoms with Crippen molar-refractivity contribution in [3.05, 3.63) is 65.6 Å². The largest absolute Gasteiger partial charge is 0.494 e. The van der Waals surface area contributed by atoms with Crippen LogP contribution in [0.15, 0.2) is 52.9 Å². The first-order valence-electron chi connectivity index (χ1n) is 11.3.